The van der Waals surface area contributed by atoms with Crippen molar-refractivity contribution in [2.45, 2.75) is 13.5 Å². The van der Waals surface area contributed by atoms with Crippen LogP contribution in [0.3, 0.4) is 0 Å². The molecule has 0 amide bonds. The van der Waals surface area contributed by atoms with Crippen LogP contribution in [0.2, 0.25) is 0 Å². The van der Waals surface area contributed by atoms with Gasteiger partial charge in [0, 0.05) is 15.1 Å². The van der Waals surface area contributed by atoms with Crippen molar-refractivity contribution < 1.29 is 14.3 Å². The molecule has 0 unspecified atom stereocenters. The minimum atomic E-state index is -0.392. The molecule has 4 nitrogen and oxygen atoms in total. The number of hydrogen-bond acceptors (Lipinski definition) is 4. The van der Waals surface area contributed by atoms with E-state index in [4.69, 9.17) is 9.47 Å². The Labute approximate surface area is 193 Å². The number of anilines is 1. The van der Waals surface area contributed by atoms with Gasteiger partial charge in [-0.25, -0.2) is 4.79 Å². The van der Waals surface area contributed by atoms with E-state index in [0.29, 0.717) is 18.8 Å². The summed E-state index contributed by atoms with van der Waals surface area (Å²) in [5, 5.41) is 3.18. The van der Waals surface area contributed by atoms with Crippen molar-refractivity contribution in [1.82, 2.24) is 0 Å². The van der Waals surface area contributed by atoms with Crippen LogP contribution < -0.4 is 10.1 Å². The summed E-state index contributed by atoms with van der Waals surface area (Å²) >= 11 is 6.94. The molecule has 0 aliphatic rings. The first-order valence-corrected chi connectivity index (χ1v) is 11.0. The molecule has 0 fully saturated rings. The molecule has 3 rings (SSSR count). The van der Waals surface area contributed by atoms with E-state index in [9.17, 15) is 4.79 Å². The summed E-state index contributed by atoms with van der Waals surface area (Å²) in [6.45, 7) is 2.57. The van der Waals surface area contributed by atoms with E-state index in [1.807, 2.05) is 72.8 Å². The molecule has 0 aromatic heterocycles. The Bertz CT molecular complexity index is 1020. The van der Waals surface area contributed by atoms with Gasteiger partial charge in [-0.3, -0.25) is 0 Å². The van der Waals surface area contributed by atoms with Crippen molar-refractivity contribution in [3.05, 3.63) is 99.1 Å². The Morgan fingerprint density at radius 3 is 2.40 bits per heavy atom. The van der Waals surface area contributed by atoms with Gasteiger partial charge in [0.15, 0.2) is 0 Å². The summed E-state index contributed by atoms with van der Waals surface area (Å²) < 4.78 is 12.9. The number of nitrogens with one attached hydrogen (secondary N) is 1. The maximum Gasteiger partial charge on any atom is 0.340 e. The van der Waals surface area contributed by atoms with Gasteiger partial charge in [0.05, 0.1) is 17.9 Å². The number of rotatable bonds is 8. The molecule has 0 heterocycles. The highest BCUT2D eigenvalue weighted by atomic mass is 79.9. The minimum absolute atomic E-state index is 0.302. The number of halogens is 2. The van der Waals surface area contributed by atoms with E-state index in [1.54, 1.807) is 13.1 Å². The van der Waals surface area contributed by atoms with Crippen LogP contribution in [-0.4, -0.2) is 12.6 Å². The van der Waals surface area contributed by atoms with Crippen LogP contribution in [0, 0.1) is 0 Å². The van der Waals surface area contributed by atoms with Crippen LogP contribution in [0.4, 0.5) is 5.69 Å². The van der Waals surface area contributed by atoms with Crippen LogP contribution >= 0.6 is 31.9 Å². The van der Waals surface area contributed by atoms with Gasteiger partial charge in [0.25, 0.3) is 0 Å². The molecule has 154 valence electrons. The van der Waals surface area contributed by atoms with Gasteiger partial charge in [0.1, 0.15) is 12.4 Å². The fraction of sp³-hybridized carbons (Fsp3) is 0.125. The average molecular weight is 531 g/mol. The summed E-state index contributed by atoms with van der Waals surface area (Å²) in [6, 6.07) is 23.1. The molecular weight excluding hydrogens is 510 g/mol. The van der Waals surface area contributed by atoms with E-state index in [0.717, 1.165) is 31.5 Å². The summed E-state index contributed by atoms with van der Waals surface area (Å²) in [7, 11) is 0. The fourth-order valence-electron chi connectivity index (χ4n) is 2.70. The van der Waals surface area contributed by atoms with Gasteiger partial charge < -0.3 is 14.8 Å². The monoisotopic (exact) mass is 529 g/mol. The molecule has 0 spiro atoms. The Balaban J connectivity index is 1.76. The number of hydrogen-bond donors (Lipinski definition) is 1. The van der Waals surface area contributed by atoms with Gasteiger partial charge in [0.2, 0.25) is 0 Å². The fourth-order valence-corrected chi connectivity index (χ4v) is 3.86. The number of esters is 1. The van der Waals surface area contributed by atoms with E-state index >= 15 is 0 Å². The van der Waals surface area contributed by atoms with Gasteiger partial charge in [-0.1, -0.05) is 58.4 Å². The van der Waals surface area contributed by atoms with Gasteiger partial charge >= 0.3 is 5.97 Å². The Morgan fingerprint density at radius 1 is 1.00 bits per heavy atom. The highest BCUT2D eigenvalue weighted by Gasteiger charge is 2.14. The number of carbonyl (C=O) groups is 1. The van der Waals surface area contributed by atoms with Crippen LogP contribution in [0.5, 0.6) is 5.75 Å². The highest BCUT2D eigenvalue weighted by molar-refractivity contribution is 9.11. The summed E-state index contributed by atoms with van der Waals surface area (Å²) in [5.74, 6) is 0.339. The zero-order chi connectivity index (χ0) is 21.3. The molecule has 3 aromatic carbocycles. The topological polar surface area (TPSA) is 47.6 Å². The minimum Gasteiger partial charge on any atom is -0.489 e. The van der Waals surface area contributed by atoms with Crippen molar-refractivity contribution in [1.29, 1.82) is 0 Å². The SMILES string of the molecule is CCOC(=O)/C(=C/Nc1ccc(Br)cc1Br)c1ccc(OCc2ccccc2)cc1. The first-order chi connectivity index (χ1) is 14.6. The second-order valence-electron chi connectivity index (χ2n) is 6.35. The zero-order valence-corrected chi connectivity index (χ0v) is 19.6. The Hall–Kier alpha value is -2.57. The molecule has 0 saturated heterocycles. The molecule has 30 heavy (non-hydrogen) atoms. The third kappa shape index (κ3) is 6.21. The van der Waals surface area contributed by atoms with Crippen LogP contribution in [0.15, 0.2) is 87.9 Å². The molecule has 6 heteroatoms. The average Bonchev–Trinajstić information content (AvgIpc) is 2.75. The maximum absolute atomic E-state index is 12.5. The zero-order valence-electron chi connectivity index (χ0n) is 16.4. The lowest BCUT2D eigenvalue weighted by Gasteiger charge is -2.11. The van der Waals surface area contributed by atoms with Gasteiger partial charge in [-0.2, -0.15) is 0 Å². The Morgan fingerprint density at radius 2 is 1.73 bits per heavy atom. The Kier molecular flexibility index (Phi) is 8.11. The molecule has 0 radical (unpaired) electrons. The van der Waals surface area contributed by atoms with Crippen LogP contribution in [-0.2, 0) is 16.1 Å². The van der Waals surface area contributed by atoms with Crippen molar-refractivity contribution in [2.75, 3.05) is 11.9 Å². The van der Waals surface area contributed by atoms with Crippen molar-refractivity contribution in [3.63, 3.8) is 0 Å². The lowest BCUT2D eigenvalue weighted by Crippen LogP contribution is -2.08. The summed E-state index contributed by atoms with van der Waals surface area (Å²) in [6.07, 6.45) is 1.66. The smallest absolute Gasteiger partial charge is 0.340 e. The normalized spacial score (nSPS) is 11.1. The molecule has 0 atom stereocenters. The van der Waals surface area contributed by atoms with Crippen LogP contribution in [0.1, 0.15) is 18.1 Å². The lowest BCUT2D eigenvalue weighted by molar-refractivity contribution is -0.136. The van der Waals surface area contributed by atoms with E-state index < -0.39 is 5.97 Å². The quantitative estimate of drug-likeness (QED) is 0.257. The highest BCUT2D eigenvalue weighted by Crippen LogP contribution is 2.27. The number of benzene rings is 3. The first-order valence-electron chi connectivity index (χ1n) is 9.43. The lowest BCUT2D eigenvalue weighted by atomic mass is 10.1. The summed E-state index contributed by atoms with van der Waals surface area (Å²) in [5.41, 5.74) is 3.10. The van der Waals surface area contributed by atoms with E-state index in [1.165, 1.54) is 0 Å². The molecule has 1 N–H and O–H groups in total. The van der Waals surface area contributed by atoms with E-state index in [2.05, 4.69) is 37.2 Å². The second kappa shape index (κ2) is 11.0. The van der Waals surface area contributed by atoms with Crippen molar-refractivity contribution in [3.8, 4) is 5.75 Å². The number of ether oxygens (including phenoxy) is 2. The van der Waals surface area contributed by atoms with Crippen molar-refractivity contribution in [2.24, 2.45) is 0 Å². The summed E-state index contributed by atoms with van der Waals surface area (Å²) in [4.78, 5) is 12.5. The van der Waals surface area contributed by atoms with Crippen LogP contribution in [0.25, 0.3) is 5.57 Å². The second-order valence-corrected chi connectivity index (χ2v) is 8.12. The number of carbonyl (C=O) groups excluding carboxylic acids is 1. The third-order valence-electron chi connectivity index (χ3n) is 4.21. The van der Waals surface area contributed by atoms with Gasteiger partial charge in [-0.15, -0.1) is 0 Å². The predicted octanol–water partition coefficient (Wildman–Crippen LogP) is 6.81. The molecular formula is C24H21Br2NO3. The predicted molar refractivity (Wildman–Crippen MR) is 127 cm³/mol. The third-order valence-corrected chi connectivity index (χ3v) is 5.36. The standard InChI is InChI=1S/C24H21Br2NO3/c1-2-29-24(28)21(15-27-23-13-10-19(25)14-22(23)26)18-8-11-20(12-9-18)30-16-17-6-4-3-5-7-17/h3-15,27H,2,16H2,1H3/b21-15+. The van der Waals surface area contributed by atoms with E-state index in [-0.39, 0.29) is 0 Å². The molecule has 0 aliphatic heterocycles. The first kappa shape index (κ1) is 22.1. The van der Waals surface area contributed by atoms with Crippen molar-refractivity contribution >= 4 is 49.1 Å². The van der Waals surface area contributed by atoms with Gasteiger partial charge in [-0.05, 0) is 64.3 Å². The maximum atomic E-state index is 12.5. The molecule has 0 aliphatic carbocycles. The largest absolute Gasteiger partial charge is 0.489 e. The molecule has 0 bridgehead atoms. The molecule has 3 aromatic rings. The molecule has 0 saturated carbocycles.